The van der Waals surface area contributed by atoms with Gasteiger partial charge in [0.2, 0.25) is 5.82 Å². The predicted molar refractivity (Wildman–Crippen MR) is 118 cm³/mol. The van der Waals surface area contributed by atoms with Crippen LogP contribution in [0.5, 0.6) is 0 Å². The standard InChI is InChI=1S/C23H27N7/c1-3-4-9-22-25-21(14-15-24)16(2)30(22)18-12-10-17(11-13-18)19-7-5-6-8-20(19)23-26-28-29-27-23/h5-8,10-13H,3-4,9,14-15,24H2,1-2H3,(H,26,27,28,29). The van der Waals surface area contributed by atoms with E-state index < -0.39 is 0 Å². The van der Waals surface area contributed by atoms with Crippen LogP contribution in [-0.4, -0.2) is 36.7 Å². The van der Waals surface area contributed by atoms with Crippen LogP contribution in [0.15, 0.2) is 48.5 Å². The number of tetrazole rings is 1. The van der Waals surface area contributed by atoms with E-state index in [1.165, 1.54) is 5.69 Å². The van der Waals surface area contributed by atoms with Crippen LogP contribution in [0, 0.1) is 6.92 Å². The number of aryl methyl sites for hydroxylation is 1. The molecule has 2 heterocycles. The van der Waals surface area contributed by atoms with Gasteiger partial charge in [-0.05, 0) is 48.4 Å². The van der Waals surface area contributed by atoms with Gasteiger partial charge in [0.15, 0.2) is 0 Å². The summed E-state index contributed by atoms with van der Waals surface area (Å²) >= 11 is 0. The Bertz CT molecular complexity index is 1100. The minimum atomic E-state index is 0.591. The third-order valence-electron chi connectivity index (χ3n) is 5.36. The Morgan fingerprint density at radius 1 is 1.00 bits per heavy atom. The first-order valence-electron chi connectivity index (χ1n) is 10.4. The van der Waals surface area contributed by atoms with E-state index in [-0.39, 0.29) is 0 Å². The van der Waals surface area contributed by atoms with Gasteiger partial charge in [-0.3, -0.25) is 0 Å². The Kier molecular flexibility index (Phi) is 5.99. The number of rotatable bonds is 8. The van der Waals surface area contributed by atoms with Gasteiger partial charge in [0, 0.05) is 29.8 Å². The summed E-state index contributed by atoms with van der Waals surface area (Å²) in [7, 11) is 0. The van der Waals surface area contributed by atoms with E-state index in [0.29, 0.717) is 12.4 Å². The lowest BCUT2D eigenvalue weighted by Gasteiger charge is -2.12. The summed E-state index contributed by atoms with van der Waals surface area (Å²) in [5.74, 6) is 1.70. The summed E-state index contributed by atoms with van der Waals surface area (Å²) in [5.41, 5.74) is 12.3. The van der Waals surface area contributed by atoms with Gasteiger partial charge >= 0.3 is 0 Å². The Morgan fingerprint density at radius 3 is 2.43 bits per heavy atom. The second-order valence-electron chi connectivity index (χ2n) is 7.37. The van der Waals surface area contributed by atoms with E-state index >= 15 is 0 Å². The van der Waals surface area contributed by atoms with E-state index in [1.54, 1.807) is 0 Å². The van der Waals surface area contributed by atoms with Gasteiger partial charge in [0.25, 0.3) is 0 Å². The second-order valence-corrected chi connectivity index (χ2v) is 7.37. The quantitative estimate of drug-likeness (QED) is 0.467. The Labute approximate surface area is 176 Å². The van der Waals surface area contributed by atoms with Crippen LogP contribution in [0.4, 0.5) is 0 Å². The van der Waals surface area contributed by atoms with Crippen molar-refractivity contribution in [1.29, 1.82) is 0 Å². The number of unbranched alkanes of at least 4 members (excludes halogenated alkanes) is 1. The molecule has 30 heavy (non-hydrogen) atoms. The Morgan fingerprint density at radius 2 is 1.77 bits per heavy atom. The number of aromatic nitrogens is 6. The highest BCUT2D eigenvalue weighted by Crippen LogP contribution is 2.31. The molecule has 3 N–H and O–H groups in total. The number of hydrogen-bond donors (Lipinski definition) is 2. The van der Waals surface area contributed by atoms with Gasteiger partial charge in [-0.1, -0.05) is 49.7 Å². The number of nitrogens with one attached hydrogen (secondary N) is 1. The number of imidazole rings is 1. The summed E-state index contributed by atoms with van der Waals surface area (Å²) in [6, 6.07) is 16.7. The zero-order chi connectivity index (χ0) is 20.9. The minimum absolute atomic E-state index is 0.591. The van der Waals surface area contributed by atoms with Crippen LogP contribution < -0.4 is 5.73 Å². The molecule has 0 aliphatic rings. The monoisotopic (exact) mass is 401 g/mol. The number of hydrogen-bond acceptors (Lipinski definition) is 5. The van der Waals surface area contributed by atoms with E-state index in [4.69, 9.17) is 10.7 Å². The van der Waals surface area contributed by atoms with Crippen molar-refractivity contribution in [2.75, 3.05) is 6.54 Å². The summed E-state index contributed by atoms with van der Waals surface area (Å²) in [4.78, 5) is 4.90. The number of H-pyrrole nitrogens is 1. The highest BCUT2D eigenvalue weighted by molar-refractivity contribution is 5.80. The highest BCUT2D eigenvalue weighted by Gasteiger charge is 2.15. The lowest BCUT2D eigenvalue weighted by atomic mass is 9.99. The zero-order valence-electron chi connectivity index (χ0n) is 17.5. The molecule has 0 unspecified atom stereocenters. The van der Waals surface area contributed by atoms with Gasteiger partial charge in [0.1, 0.15) is 5.82 Å². The molecule has 0 fully saturated rings. The van der Waals surface area contributed by atoms with Crippen molar-refractivity contribution in [3.63, 3.8) is 0 Å². The Hall–Kier alpha value is -3.32. The van der Waals surface area contributed by atoms with Crippen molar-refractivity contribution in [3.05, 3.63) is 65.7 Å². The van der Waals surface area contributed by atoms with E-state index in [9.17, 15) is 0 Å². The van der Waals surface area contributed by atoms with Crippen LogP contribution in [0.1, 0.15) is 37.0 Å². The van der Waals surface area contributed by atoms with Crippen LogP contribution >= 0.6 is 0 Å². The summed E-state index contributed by atoms with van der Waals surface area (Å²) in [6.45, 7) is 4.95. The fourth-order valence-electron chi connectivity index (χ4n) is 3.82. The maximum absolute atomic E-state index is 5.80. The predicted octanol–water partition coefficient (Wildman–Crippen LogP) is 3.87. The van der Waals surface area contributed by atoms with Crippen molar-refractivity contribution in [1.82, 2.24) is 30.2 Å². The average molecular weight is 402 g/mol. The molecule has 0 radical (unpaired) electrons. The molecule has 0 atom stereocenters. The van der Waals surface area contributed by atoms with Crippen molar-refractivity contribution in [2.24, 2.45) is 5.73 Å². The molecule has 4 rings (SSSR count). The average Bonchev–Trinajstić information content (AvgIpc) is 3.42. The van der Waals surface area contributed by atoms with Crippen molar-refractivity contribution >= 4 is 0 Å². The number of nitrogens with zero attached hydrogens (tertiary/aromatic N) is 5. The SMILES string of the molecule is CCCCc1nc(CCN)c(C)n1-c1ccc(-c2ccccc2-c2nn[nH]n2)cc1. The molecule has 0 amide bonds. The van der Waals surface area contributed by atoms with Crippen molar-refractivity contribution in [3.8, 4) is 28.2 Å². The molecule has 0 spiro atoms. The molecule has 7 heteroatoms. The van der Waals surface area contributed by atoms with Gasteiger partial charge in [0.05, 0.1) is 5.69 Å². The van der Waals surface area contributed by atoms with Gasteiger partial charge in [-0.15, -0.1) is 10.2 Å². The maximum atomic E-state index is 5.80. The van der Waals surface area contributed by atoms with Gasteiger partial charge < -0.3 is 10.3 Å². The van der Waals surface area contributed by atoms with Crippen LogP contribution in [0.2, 0.25) is 0 Å². The number of nitrogens with two attached hydrogens (primary N) is 1. The topological polar surface area (TPSA) is 98.3 Å². The fraction of sp³-hybridized carbons (Fsp3) is 0.304. The van der Waals surface area contributed by atoms with Crippen molar-refractivity contribution < 1.29 is 0 Å². The first-order valence-corrected chi connectivity index (χ1v) is 10.4. The lowest BCUT2D eigenvalue weighted by molar-refractivity contribution is 0.734. The van der Waals surface area contributed by atoms with Crippen LogP contribution in [0.25, 0.3) is 28.2 Å². The highest BCUT2D eigenvalue weighted by atomic mass is 15.5. The smallest absolute Gasteiger partial charge is 0.205 e. The largest absolute Gasteiger partial charge is 0.330 e. The van der Waals surface area contributed by atoms with Gasteiger partial charge in [-0.2, -0.15) is 5.21 Å². The number of benzene rings is 2. The third kappa shape index (κ3) is 3.89. The second kappa shape index (κ2) is 9.00. The fourth-order valence-corrected chi connectivity index (χ4v) is 3.82. The first-order chi connectivity index (χ1) is 14.7. The van der Waals surface area contributed by atoms with Crippen LogP contribution in [-0.2, 0) is 12.8 Å². The molecule has 4 aromatic rings. The summed E-state index contributed by atoms with van der Waals surface area (Å²) in [6.07, 6.45) is 4.02. The normalized spacial score (nSPS) is 11.2. The van der Waals surface area contributed by atoms with Crippen LogP contribution in [0.3, 0.4) is 0 Å². The molecule has 2 aromatic carbocycles. The molecule has 0 aliphatic carbocycles. The lowest BCUT2D eigenvalue weighted by Crippen LogP contribution is -2.05. The molecule has 0 saturated carbocycles. The molecule has 0 aliphatic heterocycles. The molecular weight excluding hydrogens is 374 g/mol. The summed E-state index contributed by atoms with van der Waals surface area (Å²) in [5, 5.41) is 14.5. The minimum Gasteiger partial charge on any atom is -0.330 e. The van der Waals surface area contributed by atoms with E-state index in [0.717, 1.165) is 59.6 Å². The molecule has 7 nitrogen and oxygen atoms in total. The molecule has 0 bridgehead atoms. The molecular formula is C23H27N7. The first kappa shape index (κ1) is 20.0. The Balaban J connectivity index is 1.72. The maximum Gasteiger partial charge on any atom is 0.205 e. The van der Waals surface area contributed by atoms with Crippen molar-refractivity contribution in [2.45, 2.75) is 39.5 Å². The van der Waals surface area contributed by atoms with Gasteiger partial charge in [-0.25, -0.2) is 4.98 Å². The van der Waals surface area contributed by atoms with E-state index in [2.05, 4.69) is 69.4 Å². The third-order valence-corrected chi connectivity index (χ3v) is 5.36. The zero-order valence-corrected chi connectivity index (χ0v) is 17.5. The summed E-state index contributed by atoms with van der Waals surface area (Å²) < 4.78 is 2.27. The molecule has 154 valence electrons. The molecule has 0 saturated heterocycles. The molecule has 2 aromatic heterocycles. The van der Waals surface area contributed by atoms with E-state index in [1.807, 2.05) is 18.2 Å². The number of aromatic amines is 1.